The van der Waals surface area contributed by atoms with Crippen LogP contribution in [0.3, 0.4) is 0 Å². The number of rotatable bonds is 14. The zero-order valence-corrected chi connectivity index (χ0v) is 16.7. The molecule has 0 aromatic carbocycles. The quantitative estimate of drug-likeness (QED) is 0.256. The van der Waals surface area contributed by atoms with Crippen molar-refractivity contribution >= 4 is 5.97 Å². The van der Waals surface area contributed by atoms with Crippen molar-refractivity contribution in [1.82, 2.24) is 0 Å². The van der Waals surface area contributed by atoms with Crippen molar-refractivity contribution in [2.24, 2.45) is 11.3 Å². The maximum Gasteiger partial charge on any atom is 0.311 e. The van der Waals surface area contributed by atoms with Crippen LogP contribution in [0.25, 0.3) is 0 Å². The SMILES string of the molecule is CCCCCCCCCCCCC(C)(C)C(=O)OC(C)C(C)C. The molecule has 2 nitrogen and oxygen atoms in total. The fourth-order valence-electron chi connectivity index (χ4n) is 2.62. The van der Waals surface area contributed by atoms with Crippen LogP contribution in [-0.2, 0) is 9.53 Å². The molecule has 0 heterocycles. The lowest BCUT2D eigenvalue weighted by molar-refractivity contribution is -0.161. The summed E-state index contributed by atoms with van der Waals surface area (Å²) >= 11 is 0. The summed E-state index contributed by atoms with van der Waals surface area (Å²) in [5.74, 6) is 0.349. The monoisotopic (exact) mass is 326 g/mol. The fourth-order valence-corrected chi connectivity index (χ4v) is 2.62. The Labute approximate surface area is 145 Å². The molecule has 0 aliphatic heterocycles. The van der Waals surface area contributed by atoms with Crippen molar-refractivity contribution in [3.63, 3.8) is 0 Å². The van der Waals surface area contributed by atoms with Gasteiger partial charge in [0.25, 0.3) is 0 Å². The van der Waals surface area contributed by atoms with Gasteiger partial charge in [0.15, 0.2) is 0 Å². The van der Waals surface area contributed by atoms with E-state index >= 15 is 0 Å². The second-order valence-corrected chi connectivity index (χ2v) is 8.17. The average molecular weight is 327 g/mol. The molecule has 0 N–H and O–H groups in total. The van der Waals surface area contributed by atoms with Gasteiger partial charge in [-0.25, -0.2) is 0 Å². The van der Waals surface area contributed by atoms with Gasteiger partial charge in [-0.1, -0.05) is 85.0 Å². The van der Waals surface area contributed by atoms with Gasteiger partial charge < -0.3 is 4.74 Å². The predicted molar refractivity (Wildman–Crippen MR) is 101 cm³/mol. The van der Waals surface area contributed by atoms with Gasteiger partial charge >= 0.3 is 5.97 Å². The first-order valence-electron chi connectivity index (χ1n) is 10.0. The third-order valence-electron chi connectivity index (χ3n) is 4.94. The van der Waals surface area contributed by atoms with Crippen LogP contribution in [0.1, 0.15) is 112 Å². The van der Waals surface area contributed by atoms with E-state index in [1.807, 2.05) is 20.8 Å². The molecule has 1 unspecified atom stereocenters. The zero-order chi connectivity index (χ0) is 17.7. The molecule has 0 aromatic heterocycles. The normalized spacial score (nSPS) is 13.3. The Hall–Kier alpha value is -0.530. The lowest BCUT2D eigenvalue weighted by atomic mass is 9.86. The largest absolute Gasteiger partial charge is 0.462 e. The molecule has 0 aliphatic carbocycles. The van der Waals surface area contributed by atoms with E-state index in [1.165, 1.54) is 57.8 Å². The van der Waals surface area contributed by atoms with E-state index in [4.69, 9.17) is 4.74 Å². The smallest absolute Gasteiger partial charge is 0.311 e. The summed E-state index contributed by atoms with van der Waals surface area (Å²) in [6.07, 6.45) is 14.3. The third-order valence-corrected chi connectivity index (χ3v) is 4.94. The molecule has 0 aliphatic rings. The summed E-state index contributed by atoms with van der Waals surface area (Å²) in [6, 6.07) is 0. The molecule has 1 atom stereocenters. The van der Waals surface area contributed by atoms with Crippen LogP contribution < -0.4 is 0 Å². The zero-order valence-electron chi connectivity index (χ0n) is 16.7. The van der Waals surface area contributed by atoms with E-state index in [0.29, 0.717) is 5.92 Å². The van der Waals surface area contributed by atoms with Crippen molar-refractivity contribution < 1.29 is 9.53 Å². The van der Waals surface area contributed by atoms with Crippen molar-refractivity contribution in [2.45, 2.75) is 118 Å². The van der Waals surface area contributed by atoms with E-state index in [0.717, 1.165) is 12.8 Å². The number of carbonyl (C=O) groups excluding carboxylic acids is 1. The minimum absolute atomic E-state index is 0.00878. The second-order valence-electron chi connectivity index (χ2n) is 8.17. The van der Waals surface area contributed by atoms with Gasteiger partial charge in [-0.15, -0.1) is 0 Å². The minimum Gasteiger partial charge on any atom is -0.462 e. The summed E-state index contributed by atoms with van der Waals surface area (Å²) in [5.41, 5.74) is -0.344. The average Bonchev–Trinajstić information content (AvgIpc) is 2.48. The van der Waals surface area contributed by atoms with Crippen LogP contribution in [0.5, 0.6) is 0 Å². The van der Waals surface area contributed by atoms with E-state index in [2.05, 4.69) is 20.8 Å². The number of hydrogen-bond donors (Lipinski definition) is 0. The van der Waals surface area contributed by atoms with Gasteiger partial charge in [-0.2, -0.15) is 0 Å². The molecule has 0 saturated heterocycles. The first kappa shape index (κ1) is 22.5. The summed E-state index contributed by atoms with van der Waals surface area (Å²) in [4.78, 5) is 12.2. The van der Waals surface area contributed by atoms with Gasteiger partial charge in [0, 0.05) is 0 Å². The van der Waals surface area contributed by atoms with Gasteiger partial charge in [0.2, 0.25) is 0 Å². The number of hydrogen-bond acceptors (Lipinski definition) is 2. The van der Waals surface area contributed by atoms with Gasteiger partial charge in [-0.05, 0) is 33.1 Å². The van der Waals surface area contributed by atoms with Crippen LogP contribution in [0.15, 0.2) is 0 Å². The Bertz CT molecular complexity index is 294. The number of ether oxygens (including phenoxy) is 1. The number of esters is 1. The third kappa shape index (κ3) is 11.6. The Morgan fingerprint density at radius 2 is 1.26 bits per heavy atom. The first-order valence-corrected chi connectivity index (χ1v) is 10.0. The molecular weight excluding hydrogens is 284 g/mol. The summed E-state index contributed by atoms with van der Waals surface area (Å²) < 4.78 is 5.58. The molecule has 0 spiro atoms. The van der Waals surface area contributed by atoms with E-state index < -0.39 is 0 Å². The highest BCUT2D eigenvalue weighted by molar-refractivity contribution is 5.76. The lowest BCUT2D eigenvalue weighted by Gasteiger charge is -2.26. The molecule has 0 aromatic rings. The highest BCUT2D eigenvalue weighted by Crippen LogP contribution is 2.27. The molecule has 0 rings (SSSR count). The molecule has 23 heavy (non-hydrogen) atoms. The van der Waals surface area contributed by atoms with Gasteiger partial charge in [0.05, 0.1) is 5.41 Å². The van der Waals surface area contributed by atoms with Crippen LogP contribution >= 0.6 is 0 Å². The van der Waals surface area contributed by atoms with Gasteiger partial charge in [0.1, 0.15) is 6.10 Å². The molecule has 138 valence electrons. The molecular formula is C21H42O2. The maximum absolute atomic E-state index is 12.2. The van der Waals surface area contributed by atoms with E-state index in [9.17, 15) is 4.79 Å². The molecule has 0 bridgehead atoms. The van der Waals surface area contributed by atoms with Crippen LogP contribution in [-0.4, -0.2) is 12.1 Å². The predicted octanol–water partition coefficient (Wildman–Crippen LogP) is 6.91. The van der Waals surface area contributed by atoms with Crippen LogP contribution in [0.2, 0.25) is 0 Å². The first-order chi connectivity index (χ1) is 10.8. The topological polar surface area (TPSA) is 26.3 Å². The van der Waals surface area contributed by atoms with Crippen LogP contribution in [0, 0.1) is 11.3 Å². The Kier molecular flexibility index (Phi) is 12.5. The van der Waals surface area contributed by atoms with Crippen molar-refractivity contribution in [3.05, 3.63) is 0 Å². The molecule has 2 heteroatoms. The highest BCUT2D eigenvalue weighted by Gasteiger charge is 2.30. The minimum atomic E-state index is -0.344. The highest BCUT2D eigenvalue weighted by atomic mass is 16.5. The Morgan fingerprint density at radius 1 is 0.826 bits per heavy atom. The summed E-state index contributed by atoms with van der Waals surface area (Å²) in [6.45, 7) is 12.5. The van der Waals surface area contributed by atoms with E-state index in [1.54, 1.807) is 0 Å². The molecule has 0 radical (unpaired) electrons. The maximum atomic E-state index is 12.2. The summed E-state index contributed by atoms with van der Waals surface area (Å²) in [7, 11) is 0. The summed E-state index contributed by atoms with van der Waals surface area (Å²) in [5, 5.41) is 0. The second kappa shape index (κ2) is 12.8. The van der Waals surface area contributed by atoms with Crippen molar-refractivity contribution in [3.8, 4) is 0 Å². The number of unbranched alkanes of at least 4 members (excludes halogenated alkanes) is 9. The van der Waals surface area contributed by atoms with Crippen molar-refractivity contribution in [2.75, 3.05) is 0 Å². The molecule has 0 fully saturated rings. The lowest BCUT2D eigenvalue weighted by Crippen LogP contribution is -2.31. The Morgan fingerprint density at radius 3 is 1.70 bits per heavy atom. The fraction of sp³-hybridized carbons (Fsp3) is 0.952. The van der Waals surface area contributed by atoms with Gasteiger partial charge in [-0.3, -0.25) is 4.79 Å². The van der Waals surface area contributed by atoms with E-state index in [-0.39, 0.29) is 17.5 Å². The molecule has 0 saturated carbocycles. The standard InChI is InChI=1S/C21H42O2/c1-7-8-9-10-11-12-13-14-15-16-17-21(5,6)20(22)23-19(4)18(2)3/h18-19H,7-17H2,1-6H3. The van der Waals surface area contributed by atoms with Crippen molar-refractivity contribution in [1.29, 1.82) is 0 Å². The number of carbonyl (C=O) groups is 1. The molecule has 0 amide bonds. The Balaban J connectivity index is 3.67. The van der Waals surface area contributed by atoms with Crippen LogP contribution in [0.4, 0.5) is 0 Å².